The standard InChI is InChI=1S/C29H36FN3O4S/c1-5-19-16-25-22(17-23(19)30)26(28(34)35)27(33(25)21-10-7-6-8-11-21)24-13-12-20(18-31-24)32-38(36,37)15-9-14-29(2,3)4/h9,12-14,16-18,21,32H,5-8,10-11,15H2,1-4H3,(H,34,35). The van der Waals surface area contributed by atoms with Crippen molar-refractivity contribution in [3.63, 3.8) is 0 Å². The molecule has 1 aromatic carbocycles. The number of carboxylic acid groups (broad SMARTS) is 1. The van der Waals surface area contributed by atoms with Crippen LogP contribution in [0.1, 0.15) is 81.8 Å². The Labute approximate surface area is 223 Å². The van der Waals surface area contributed by atoms with Crippen LogP contribution in [0.5, 0.6) is 0 Å². The smallest absolute Gasteiger partial charge is 0.338 e. The number of carboxylic acids is 1. The molecule has 1 aliphatic rings. The van der Waals surface area contributed by atoms with Crippen molar-refractivity contribution >= 4 is 32.6 Å². The molecule has 0 bridgehead atoms. The number of benzene rings is 1. The minimum absolute atomic E-state index is 0.0141. The molecule has 9 heteroatoms. The number of pyridine rings is 1. The number of nitrogens with one attached hydrogen (secondary N) is 1. The maximum absolute atomic E-state index is 14.8. The molecule has 1 aliphatic carbocycles. The number of hydrogen-bond donors (Lipinski definition) is 2. The molecule has 7 nitrogen and oxygen atoms in total. The molecule has 0 amide bonds. The molecule has 2 heterocycles. The number of aromatic carboxylic acids is 1. The third-order valence-electron chi connectivity index (χ3n) is 6.92. The lowest BCUT2D eigenvalue weighted by atomic mass is 9.94. The molecule has 38 heavy (non-hydrogen) atoms. The van der Waals surface area contributed by atoms with E-state index < -0.39 is 21.8 Å². The molecule has 204 valence electrons. The summed E-state index contributed by atoms with van der Waals surface area (Å²) in [4.78, 5) is 17.0. The van der Waals surface area contributed by atoms with Gasteiger partial charge in [-0.05, 0) is 54.5 Å². The Bertz CT molecular complexity index is 1460. The van der Waals surface area contributed by atoms with Gasteiger partial charge in [-0.25, -0.2) is 17.6 Å². The molecular weight excluding hydrogens is 505 g/mol. The molecule has 1 saturated carbocycles. The number of halogens is 1. The predicted molar refractivity (Wildman–Crippen MR) is 150 cm³/mol. The molecular formula is C29H36FN3O4S. The summed E-state index contributed by atoms with van der Waals surface area (Å²) in [6.07, 6.45) is 10.3. The summed E-state index contributed by atoms with van der Waals surface area (Å²) in [5.74, 6) is -1.75. The molecule has 0 atom stereocenters. The van der Waals surface area contributed by atoms with Gasteiger partial charge in [0.2, 0.25) is 10.0 Å². The fourth-order valence-electron chi connectivity index (χ4n) is 5.17. The summed E-state index contributed by atoms with van der Waals surface area (Å²) >= 11 is 0. The zero-order valence-electron chi connectivity index (χ0n) is 22.4. The van der Waals surface area contributed by atoms with Crippen LogP contribution < -0.4 is 4.72 Å². The van der Waals surface area contributed by atoms with Crippen LogP contribution in [-0.2, 0) is 16.4 Å². The maximum atomic E-state index is 14.8. The van der Waals surface area contributed by atoms with E-state index >= 15 is 0 Å². The third kappa shape index (κ3) is 6.09. The second-order valence-electron chi connectivity index (χ2n) is 11.1. The van der Waals surface area contributed by atoms with Gasteiger partial charge in [-0.1, -0.05) is 59.1 Å². The summed E-state index contributed by atoms with van der Waals surface area (Å²) in [5.41, 5.74) is 2.23. The van der Waals surface area contributed by atoms with Crippen LogP contribution in [0.3, 0.4) is 0 Å². The van der Waals surface area contributed by atoms with E-state index in [1.807, 2.05) is 38.3 Å². The first kappa shape index (κ1) is 27.8. The van der Waals surface area contributed by atoms with E-state index in [0.717, 1.165) is 32.1 Å². The van der Waals surface area contributed by atoms with Gasteiger partial charge in [-0.2, -0.15) is 0 Å². The molecule has 0 aliphatic heterocycles. The quantitative estimate of drug-likeness (QED) is 0.301. The Morgan fingerprint density at radius 2 is 1.92 bits per heavy atom. The summed E-state index contributed by atoms with van der Waals surface area (Å²) < 4.78 is 44.5. The summed E-state index contributed by atoms with van der Waals surface area (Å²) in [7, 11) is -3.63. The van der Waals surface area contributed by atoms with Crippen molar-refractivity contribution in [3.05, 3.63) is 59.6 Å². The van der Waals surface area contributed by atoms with E-state index in [0.29, 0.717) is 34.3 Å². The summed E-state index contributed by atoms with van der Waals surface area (Å²) in [6.45, 7) is 7.84. The Kier molecular flexibility index (Phi) is 7.97. The lowest BCUT2D eigenvalue weighted by molar-refractivity contribution is 0.0699. The van der Waals surface area contributed by atoms with Crippen molar-refractivity contribution in [1.82, 2.24) is 9.55 Å². The molecule has 2 N–H and O–H groups in total. The van der Waals surface area contributed by atoms with Crippen LogP contribution in [0, 0.1) is 11.2 Å². The van der Waals surface area contributed by atoms with Crippen molar-refractivity contribution in [2.75, 3.05) is 10.5 Å². The first-order valence-electron chi connectivity index (χ1n) is 13.1. The van der Waals surface area contributed by atoms with Gasteiger partial charge in [0.05, 0.1) is 40.1 Å². The maximum Gasteiger partial charge on any atom is 0.338 e. The van der Waals surface area contributed by atoms with Gasteiger partial charge in [0.1, 0.15) is 5.82 Å². The fraction of sp³-hybridized carbons (Fsp3) is 0.448. The Hall–Kier alpha value is -3.20. The highest BCUT2D eigenvalue weighted by Gasteiger charge is 2.29. The Morgan fingerprint density at radius 1 is 1.21 bits per heavy atom. The highest BCUT2D eigenvalue weighted by Crippen LogP contribution is 2.41. The molecule has 0 saturated heterocycles. The van der Waals surface area contributed by atoms with Crippen molar-refractivity contribution in [1.29, 1.82) is 0 Å². The second-order valence-corrected chi connectivity index (χ2v) is 12.9. The molecule has 3 aromatic rings. The van der Waals surface area contributed by atoms with Gasteiger partial charge in [0, 0.05) is 11.4 Å². The molecule has 4 rings (SSSR count). The first-order valence-corrected chi connectivity index (χ1v) is 14.8. The number of rotatable bonds is 8. The number of allylic oxidation sites excluding steroid dienone is 1. The van der Waals surface area contributed by atoms with E-state index in [1.54, 1.807) is 24.3 Å². The average molecular weight is 542 g/mol. The largest absolute Gasteiger partial charge is 0.478 e. The molecule has 0 unspecified atom stereocenters. The number of sulfonamides is 1. The van der Waals surface area contributed by atoms with Crippen molar-refractivity contribution in [3.8, 4) is 11.4 Å². The van der Waals surface area contributed by atoms with Gasteiger partial charge in [-0.15, -0.1) is 0 Å². The number of anilines is 1. The third-order valence-corrected chi connectivity index (χ3v) is 8.10. The molecule has 2 aromatic heterocycles. The number of carbonyl (C=O) groups is 1. The summed E-state index contributed by atoms with van der Waals surface area (Å²) in [6, 6.07) is 6.37. The van der Waals surface area contributed by atoms with E-state index in [9.17, 15) is 22.7 Å². The SMILES string of the molecule is CCc1cc2c(cc1F)c(C(=O)O)c(-c1ccc(NS(=O)(=O)CC=CC(C)(C)C)cn1)n2C1CCCCC1. The summed E-state index contributed by atoms with van der Waals surface area (Å²) in [5, 5.41) is 10.6. The topological polar surface area (TPSA) is 101 Å². The molecule has 0 spiro atoms. The van der Waals surface area contributed by atoms with Crippen LogP contribution in [0.2, 0.25) is 0 Å². The minimum Gasteiger partial charge on any atom is -0.478 e. The van der Waals surface area contributed by atoms with Crippen LogP contribution in [0.15, 0.2) is 42.6 Å². The van der Waals surface area contributed by atoms with Crippen LogP contribution >= 0.6 is 0 Å². The van der Waals surface area contributed by atoms with E-state index in [4.69, 9.17) is 0 Å². The number of hydrogen-bond acceptors (Lipinski definition) is 4. The second kappa shape index (κ2) is 10.9. The van der Waals surface area contributed by atoms with Crippen LogP contribution in [0.25, 0.3) is 22.3 Å². The Morgan fingerprint density at radius 3 is 2.50 bits per heavy atom. The average Bonchev–Trinajstić information content (AvgIpc) is 3.17. The molecule has 0 radical (unpaired) electrons. The van der Waals surface area contributed by atoms with E-state index in [-0.39, 0.29) is 28.5 Å². The predicted octanol–water partition coefficient (Wildman–Crippen LogP) is 6.95. The van der Waals surface area contributed by atoms with Crippen molar-refractivity contribution in [2.45, 2.75) is 72.3 Å². The lowest BCUT2D eigenvalue weighted by Gasteiger charge is -2.26. The van der Waals surface area contributed by atoms with E-state index in [1.165, 1.54) is 12.3 Å². The minimum atomic E-state index is -3.63. The van der Waals surface area contributed by atoms with Crippen LogP contribution in [-0.4, -0.2) is 34.8 Å². The zero-order chi connectivity index (χ0) is 27.7. The van der Waals surface area contributed by atoms with Gasteiger partial charge < -0.3 is 9.67 Å². The molecule has 1 fully saturated rings. The van der Waals surface area contributed by atoms with E-state index in [2.05, 4.69) is 9.71 Å². The number of fused-ring (bicyclic) bond motifs is 1. The normalized spacial score (nSPS) is 15.4. The van der Waals surface area contributed by atoms with Gasteiger partial charge in [0.25, 0.3) is 0 Å². The van der Waals surface area contributed by atoms with Gasteiger partial charge in [-0.3, -0.25) is 9.71 Å². The van der Waals surface area contributed by atoms with Crippen LogP contribution in [0.4, 0.5) is 10.1 Å². The van der Waals surface area contributed by atoms with Gasteiger partial charge in [0.15, 0.2) is 0 Å². The lowest BCUT2D eigenvalue weighted by Crippen LogP contribution is -2.16. The monoisotopic (exact) mass is 541 g/mol. The Balaban J connectivity index is 1.78. The number of nitrogens with zero attached hydrogens (tertiary/aromatic N) is 2. The van der Waals surface area contributed by atoms with Crippen molar-refractivity contribution < 1.29 is 22.7 Å². The zero-order valence-corrected chi connectivity index (χ0v) is 23.2. The fourth-order valence-corrected chi connectivity index (χ4v) is 6.09. The number of aryl methyl sites for hydroxylation is 1. The van der Waals surface area contributed by atoms with Gasteiger partial charge >= 0.3 is 5.97 Å². The first-order chi connectivity index (χ1) is 17.9. The van der Waals surface area contributed by atoms with Crippen molar-refractivity contribution in [2.24, 2.45) is 5.41 Å². The highest BCUT2D eigenvalue weighted by atomic mass is 32.2. The number of aromatic nitrogens is 2. The highest BCUT2D eigenvalue weighted by molar-refractivity contribution is 7.92.